The van der Waals surface area contributed by atoms with Gasteiger partial charge in [-0.25, -0.2) is 9.18 Å². The molecule has 0 saturated carbocycles. The van der Waals surface area contributed by atoms with E-state index in [0.717, 1.165) is 9.36 Å². The summed E-state index contributed by atoms with van der Waals surface area (Å²) in [6, 6.07) is 2.73. The zero-order chi connectivity index (χ0) is 16.5. The van der Waals surface area contributed by atoms with Crippen molar-refractivity contribution in [3.63, 3.8) is 0 Å². The Balaban J connectivity index is 2.67. The molecule has 0 unspecified atom stereocenters. The molecule has 7 nitrogen and oxygen atoms in total. The molecule has 2 rings (SSSR count). The Kier molecular flexibility index (Phi) is 4.32. The van der Waals surface area contributed by atoms with Gasteiger partial charge in [-0.1, -0.05) is 20.8 Å². The van der Waals surface area contributed by atoms with E-state index in [4.69, 9.17) is 9.84 Å². The monoisotopic (exact) mass is 310 g/mol. The number of hydrogen-bond acceptors (Lipinski definition) is 5. The van der Waals surface area contributed by atoms with Crippen LogP contribution in [0.4, 0.5) is 4.39 Å². The van der Waals surface area contributed by atoms with Crippen molar-refractivity contribution in [2.75, 3.05) is 13.2 Å². The molecule has 0 saturated heterocycles. The van der Waals surface area contributed by atoms with Crippen molar-refractivity contribution < 1.29 is 14.2 Å². The van der Waals surface area contributed by atoms with Crippen molar-refractivity contribution in [1.82, 2.24) is 19.8 Å². The number of tetrazole rings is 1. The largest absolute Gasteiger partial charge is 0.489 e. The van der Waals surface area contributed by atoms with Gasteiger partial charge in [-0.3, -0.25) is 0 Å². The summed E-state index contributed by atoms with van der Waals surface area (Å²) in [5.74, 6) is -0.316. The maximum Gasteiger partial charge on any atom is 0.368 e. The average Bonchev–Trinajstić information content (AvgIpc) is 2.75. The van der Waals surface area contributed by atoms with Crippen LogP contribution in [0, 0.1) is 5.82 Å². The summed E-state index contributed by atoms with van der Waals surface area (Å²) in [6.45, 7) is 5.35. The molecule has 0 aliphatic carbocycles. The van der Waals surface area contributed by atoms with Crippen LogP contribution in [0.3, 0.4) is 0 Å². The number of aryl methyl sites for hydroxylation is 1. The van der Waals surface area contributed by atoms with Crippen LogP contribution in [0.15, 0.2) is 16.9 Å². The molecule has 0 bridgehead atoms. The van der Waals surface area contributed by atoms with Crippen LogP contribution in [0.5, 0.6) is 5.75 Å². The smallest absolute Gasteiger partial charge is 0.368 e. The van der Waals surface area contributed by atoms with E-state index < -0.39 is 16.9 Å². The lowest BCUT2D eigenvalue weighted by Gasteiger charge is -2.22. The quantitative estimate of drug-likeness (QED) is 0.902. The Bertz CT molecular complexity index is 731. The first-order chi connectivity index (χ1) is 10.3. The van der Waals surface area contributed by atoms with Gasteiger partial charge < -0.3 is 9.84 Å². The Morgan fingerprint density at radius 1 is 1.32 bits per heavy atom. The van der Waals surface area contributed by atoms with Crippen molar-refractivity contribution in [1.29, 1.82) is 0 Å². The van der Waals surface area contributed by atoms with Crippen LogP contribution in [0.25, 0.3) is 5.69 Å². The van der Waals surface area contributed by atoms with Crippen LogP contribution < -0.4 is 10.4 Å². The summed E-state index contributed by atoms with van der Waals surface area (Å²) in [6.07, 6.45) is 0. The summed E-state index contributed by atoms with van der Waals surface area (Å²) >= 11 is 0. The molecule has 0 radical (unpaired) electrons. The minimum Gasteiger partial charge on any atom is -0.489 e. The van der Waals surface area contributed by atoms with Gasteiger partial charge in [0.2, 0.25) is 0 Å². The molecule has 8 heteroatoms. The molecule has 1 aromatic heterocycles. The number of halogens is 1. The lowest BCUT2D eigenvalue weighted by Crippen LogP contribution is -2.24. The van der Waals surface area contributed by atoms with E-state index in [1.54, 1.807) is 0 Å². The molecule has 1 aromatic carbocycles. The first-order valence-electron chi connectivity index (χ1n) is 6.82. The summed E-state index contributed by atoms with van der Waals surface area (Å²) in [5.41, 5.74) is -0.213. The molecule has 0 aliphatic rings. The van der Waals surface area contributed by atoms with E-state index in [9.17, 15) is 9.18 Å². The second-order valence-corrected chi connectivity index (χ2v) is 5.92. The number of aromatic nitrogens is 4. The normalized spacial score (nSPS) is 11.7. The van der Waals surface area contributed by atoms with E-state index in [1.165, 1.54) is 19.2 Å². The first kappa shape index (κ1) is 16.2. The van der Waals surface area contributed by atoms with Gasteiger partial charge in [0, 0.05) is 13.1 Å². The zero-order valence-corrected chi connectivity index (χ0v) is 13.0. The summed E-state index contributed by atoms with van der Waals surface area (Å²) in [4.78, 5) is 12.0. The number of aliphatic hydroxyl groups is 1. The predicted molar refractivity (Wildman–Crippen MR) is 77.8 cm³/mol. The average molecular weight is 310 g/mol. The molecule has 0 atom stereocenters. The number of benzene rings is 1. The van der Waals surface area contributed by atoms with Crippen molar-refractivity contribution in [3.05, 3.63) is 34.0 Å². The molecule has 0 aliphatic heterocycles. The minimum absolute atomic E-state index is 0.0175. The third-order valence-electron chi connectivity index (χ3n) is 3.16. The molecule has 0 fully saturated rings. The van der Waals surface area contributed by atoms with Gasteiger partial charge in [0.1, 0.15) is 23.9 Å². The topological polar surface area (TPSA) is 82.2 Å². The van der Waals surface area contributed by atoms with Crippen LogP contribution >= 0.6 is 0 Å². The third kappa shape index (κ3) is 3.01. The Morgan fingerprint density at radius 3 is 2.50 bits per heavy atom. The molecule has 22 heavy (non-hydrogen) atoms. The van der Waals surface area contributed by atoms with Gasteiger partial charge in [0.05, 0.1) is 6.61 Å². The molecule has 1 N–H and O–H groups in total. The van der Waals surface area contributed by atoms with E-state index in [2.05, 4.69) is 10.4 Å². The molecule has 0 spiro atoms. The highest BCUT2D eigenvalue weighted by molar-refractivity contribution is 5.50. The van der Waals surface area contributed by atoms with Gasteiger partial charge in [0.15, 0.2) is 0 Å². The molecule has 1 heterocycles. The highest BCUT2D eigenvalue weighted by Gasteiger charge is 2.23. The predicted octanol–water partition coefficient (Wildman–Crippen LogP) is 0.774. The first-order valence-corrected chi connectivity index (χ1v) is 6.82. The number of aliphatic hydroxyl groups excluding tert-OH is 1. The fourth-order valence-electron chi connectivity index (χ4n) is 2.02. The van der Waals surface area contributed by atoms with E-state index in [1.807, 2.05) is 20.8 Å². The molecular weight excluding hydrogens is 291 g/mol. The van der Waals surface area contributed by atoms with E-state index in [0.29, 0.717) is 5.56 Å². The highest BCUT2D eigenvalue weighted by atomic mass is 19.1. The van der Waals surface area contributed by atoms with E-state index >= 15 is 0 Å². The molecule has 2 aromatic rings. The van der Waals surface area contributed by atoms with Crippen molar-refractivity contribution in [2.45, 2.75) is 26.2 Å². The van der Waals surface area contributed by atoms with Gasteiger partial charge in [-0.15, -0.1) is 0 Å². The summed E-state index contributed by atoms with van der Waals surface area (Å²) in [5, 5.41) is 16.3. The molecule has 120 valence electrons. The van der Waals surface area contributed by atoms with Gasteiger partial charge in [-0.2, -0.15) is 9.36 Å². The van der Waals surface area contributed by atoms with Crippen LogP contribution in [0.1, 0.15) is 26.3 Å². The van der Waals surface area contributed by atoms with E-state index in [-0.39, 0.29) is 24.7 Å². The number of rotatable bonds is 4. The lowest BCUT2D eigenvalue weighted by molar-refractivity contribution is 0.200. The summed E-state index contributed by atoms with van der Waals surface area (Å²) < 4.78 is 21.7. The fraction of sp³-hybridized carbons (Fsp3) is 0.500. The maximum atomic E-state index is 14.3. The van der Waals surface area contributed by atoms with Crippen LogP contribution in [0.2, 0.25) is 0 Å². The fourth-order valence-corrected chi connectivity index (χ4v) is 2.02. The van der Waals surface area contributed by atoms with Crippen molar-refractivity contribution in [3.8, 4) is 11.4 Å². The third-order valence-corrected chi connectivity index (χ3v) is 3.16. The standard InChI is InChI=1S/C14H19FN4O3/c1-14(2,3)9-7-11(19-13(21)18(4)16-17-19)12(8-10(9)15)22-6-5-20/h7-8,20H,5-6H2,1-4H3. The van der Waals surface area contributed by atoms with Crippen LogP contribution in [-0.2, 0) is 12.5 Å². The minimum atomic E-state index is -0.472. The second-order valence-electron chi connectivity index (χ2n) is 5.92. The molecular formula is C14H19FN4O3. The van der Waals surface area contributed by atoms with Gasteiger partial charge in [0.25, 0.3) is 0 Å². The van der Waals surface area contributed by atoms with Crippen LogP contribution in [-0.4, -0.2) is 38.1 Å². The maximum absolute atomic E-state index is 14.3. The number of nitrogens with zero attached hydrogens (tertiary/aromatic N) is 4. The zero-order valence-electron chi connectivity index (χ0n) is 13.0. The van der Waals surface area contributed by atoms with Gasteiger partial charge in [-0.05, 0) is 27.5 Å². The SMILES string of the molecule is Cn1nnn(-c2cc(C(C)(C)C)c(F)cc2OCCO)c1=O. The van der Waals surface area contributed by atoms with Gasteiger partial charge >= 0.3 is 5.69 Å². The second kappa shape index (κ2) is 5.88. The molecule has 0 amide bonds. The Labute approximate surface area is 126 Å². The summed E-state index contributed by atoms with van der Waals surface area (Å²) in [7, 11) is 1.47. The lowest BCUT2D eigenvalue weighted by atomic mass is 9.86. The Hall–Kier alpha value is -2.22. The Morgan fingerprint density at radius 2 is 2.00 bits per heavy atom. The van der Waals surface area contributed by atoms with Crippen molar-refractivity contribution in [2.24, 2.45) is 7.05 Å². The number of hydrogen-bond donors (Lipinski definition) is 1. The highest BCUT2D eigenvalue weighted by Crippen LogP contribution is 2.32. The number of ether oxygens (including phenoxy) is 1. The van der Waals surface area contributed by atoms with Crippen molar-refractivity contribution >= 4 is 0 Å².